The highest BCUT2D eigenvalue weighted by molar-refractivity contribution is 6.23. The van der Waals surface area contributed by atoms with Crippen LogP contribution in [-0.2, 0) is 9.59 Å². The summed E-state index contributed by atoms with van der Waals surface area (Å²) in [5, 5.41) is 5.55. The van der Waals surface area contributed by atoms with Gasteiger partial charge in [-0.2, -0.15) is 0 Å². The summed E-state index contributed by atoms with van der Waals surface area (Å²) in [5.41, 5.74) is 4.23. The lowest BCUT2D eigenvalue weighted by Gasteiger charge is -2.60. The van der Waals surface area contributed by atoms with Crippen molar-refractivity contribution in [2.75, 3.05) is 36.0 Å². The van der Waals surface area contributed by atoms with Crippen molar-refractivity contribution >= 4 is 40.9 Å². The van der Waals surface area contributed by atoms with Crippen molar-refractivity contribution in [3.8, 4) is 0 Å². The lowest BCUT2D eigenvalue weighted by atomic mass is 9.52. The number of nitrogens with zero attached hydrogens (tertiary/aromatic N) is 3. The van der Waals surface area contributed by atoms with Crippen LogP contribution in [0.15, 0.2) is 42.5 Å². The molecular weight excluding hydrogens is 630 g/mol. The molecule has 1 spiro atoms. The number of carbonyl (C=O) groups excluding carboxylic acids is 5. The Balaban J connectivity index is 0.785. The Morgan fingerprint density at radius 3 is 2.08 bits per heavy atom. The minimum absolute atomic E-state index is 0.0207. The molecule has 4 aliphatic heterocycles. The summed E-state index contributed by atoms with van der Waals surface area (Å²) in [6.07, 6.45) is 7.46. The van der Waals surface area contributed by atoms with Crippen LogP contribution in [0.5, 0.6) is 0 Å². The first-order valence-corrected chi connectivity index (χ1v) is 18.5. The van der Waals surface area contributed by atoms with E-state index in [1.54, 1.807) is 12.1 Å². The number of nitrogens with one attached hydrogen (secondary N) is 2. The molecule has 8 rings (SSSR count). The lowest BCUT2D eigenvalue weighted by Crippen LogP contribution is -2.63. The molecule has 5 amide bonds. The summed E-state index contributed by atoms with van der Waals surface area (Å²) in [5.74, 6) is -0.392. The number of rotatable bonds is 7. The topological polar surface area (TPSA) is 119 Å². The first-order valence-electron chi connectivity index (χ1n) is 18.5. The fourth-order valence-corrected chi connectivity index (χ4v) is 10.8. The van der Waals surface area contributed by atoms with Crippen LogP contribution in [0.2, 0.25) is 0 Å². The van der Waals surface area contributed by atoms with Crippen molar-refractivity contribution in [3.63, 3.8) is 0 Å². The second-order valence-electron chi connectivity index (χ2n) is 17.6. The van der Waals surface area contributed by atoms with Gasteiger partial charge in [0.25, 0.3) is 17.7 Å². The van der Waals surface area contributed by atoms with Crippen molar-refractivity contribution in [1.82, 2.24) is 15.5 Å². The van der Waals surface area contributed by atoms with E-state index >= 15 is 0 Å². The molecule has 1 unspecified atom stereocenters. The number of benzene rings is 2. The highest BCUT2D eigenvalue weighted by Crippen LogP contribution is 2.55. The molecule has 2 aromatic carbocycles. The van der Waals surface area contributed by atoms with Crippen LogP contribution in [0.25, 0.3) is 0 Å². The summed E-state index contributed by atoms with van der Waals surface area (Å²) in [6, 6.07) is 12.8. The minimum atomic E-state index is -0.948. The zero-order valence-electron chi connectivity index (χ0n) is 29.7. The highest BCUT2D eigenvalue weighted by Gasteiger charge is 2.54. The maximum absolute atomic E-state index is 13.3. The highest BCUT2D eigenvalue weighted by atomic mass is 16.2. The van der Waals surface area contributed by atoms with Gasteiger partial charge in [-0.25, -0.2) is 0 Å². The van der Waals surface area contributed by atoms with Crippen LogP contribution in [0, 0.1) is 28.1 Å². The molecule has 5 fully saturated rings. The summed E-state index contributed by atoms with van der Waals surface area (Å²) >= 11 is 0. The van der Waals surface area contributed by atoms with Crippen LogP contribution in [0.1, 0.15) is 110 Å². The Kier molecular flexibility index (Phi) is 7.69. The number of fused-ring (bicyclic) bond motifs is 1. The van der Waals surface area contributed by atoms with E-state index in [1.165, 1.54) is 24.9 Å². The molecule has 0 radical (unpaired) electrons. The summed E-state index contributed by atoms with van der Waals surface area (Å²) in [4.78, 5) is 69.1. The van der Waals surface area contributed by atoms with Crippen LogP contribution >= 0.6 is 0 Å². The molecular formula is C40H49N5O5. The predicted octanol–water partition coefficient (Wildman–Crippen LogP) is 5.17. The van der Waals surface area contributed by atoms with E-state index in [0.29, 0.717) is 22.5 Å². The number of anilines is 2. The van der Waals surface area contributed by atoms with E-state index in [4.69, 9.17) is 0 Å². The van der Waals surface area contributed by atoms with Gasteiger partial charge < -0.3 is 15.1 Å². The average Bonchev–Trinajstić information content (AvgIpc) is 3.28. The minimum Gasteiger partial charge on any atom is -0.371 e. The Morgan fingerprint density at radius 2 is 1.44 bits per heavy atom. The normalized spacial score (nSPS) is 25.9. The first kappa shape index (κ1) is 33.0. The molecule has 10 nitrogen and oxygen atoms in total. The van der Waals surface area contributed by atoms with Gasteiger partial charge in [-0.05, 0) is 110 Å². The van der Waals surface area contributed by atoms with Crippen LogP contribution < -0.4 is 20.4 Å². The Hall–Kier alpha value is -4.21. The lowest BCUT2D eigenvalue weighted by molar-refractivity contribution is -0.136. The molecule has 2 N–H and O–H groups in total. The smallest absolute Gasteiger partial charge is 0.262 e. The summed E-state index contributed by atoms with van der Waals surface area (Å²) < 4.78 is 0. The van der Waals surface area contributed by atoms with Gasteiger partial charge in [-0.15, -0.1) is 0 Å². The van der Waals surface area contributed by atoms with Crippen molar-refractivity contribution in [2.24, 2.45) is 28.1 Å². The van der Waals surface area contributed by atoms with E-state index in [0.717, 1.165) is 67.5 Å². The molecule has 6 aliphatic rings. The van der Waals surface area contributed by atoms with E-state index in [2.05, 4.69) is 60.3 Å². The fraction of sp³-hybridized carbons (Fsp3) is 0.575. The van der Waals surface area contributed by atoms with Gasteiger partial charge in [0, 0.05) is 61.0 Å². The third-order valence-corrected chi connectivity index (χ3v) is 12.8. The first-order chi connectivity index (χ1) is 23.7. The zero-order chi connectivity index (χ0) is 35.2. The number of piperidine rings is 2. The third-order valence-electron chi connectivity index (χ3n) is 12.8. The number of hydrogen-bond donors (Lipinski definition) is 2. The maximum Gasteiger partial charge on any atom is 0.262 e. The largest absolute Gasteiger partial charge is 0.371 e. The molecule has 2 aliphatic carbocycles. The second-order valence-corrected chi connectivity index (χ2v) is 17.6. The van der Waals surface area contributed by atoms with E-state index in [1.807, 2.05) is 18.2 Å². The van der Waals surface area contributed by atoms with Crippen LogP contribution in [0.3, 0.4) is 0 Å². The van der Waals surface area contributed by atoms with E-state index < -0.39 is 23.8 Å². The standard InChI is InChI=1S/C40H49N5O5/c1-38(2)21-39(3,4)37(38)42-33(47)26-5-7-27(8-6-26)44-22-40(23-44)19-25(20-40)17-24-13-15-43(16-14-24)28-9-10-29-30(18-28)36(50)45(35(29)49)31-11-12-32(46)41-34(31)48/h5-10,18,24-25,31,37H,11-17,19-23H2,1-4H3,(H,42,47)(H,41,46,48). The molecule has 50 heavy (non-hydrogen) atoms. The quantitative estimate of drug-likeness (QED) is 0.388. The van der Waals surface area contributed by atoms with E-state index in [9.17, 15) is 24.0 Å². The third kappa shape index (κ3) is 5.59. The molecule has 264 valence electrons. The Morgan fingerprint density at radius 1 is 0.800 bits per heavy atom. The molecule has 0 aromatic heterocycles. The van der Waals surface area contributed by atoms with Gasteiger partial charge in [0.1, 0.15) is 6.04 Å². The molecule has 3 saturated heterocycles. The van der Waals surface area contributed by atoms with Gasteiger partial charge in [-0.1, -0.05) is 27.7 Å². The monoisotopic (exact) mass is 679 g/mol. The fourth-order valence-electron chi connectivity index (χ4n) is 10.8. The van der Waals surface area contributed by atoms with Crippen molar-refractivity contribution in [3.05, 3.63) is 59.2 Å². The van der Waals surface area contributed by atoms with Crippen molar-refractivity contribution in [2.45, 2.75) is 91.1 Å². The molecule has 1 atom stereocenters. The Labute approximate surface area is 294 Å². The SMILES string of the molecule is CC1(C)CC(C)(C)C1NC(=O)c1ccc(N2CC3(CC(CC4CCN(c5ccc6c(c5)C(=O)N(C5CCC(=O)NC5=O)C6=O)CC4)C3)C2)cc1. The van der Waals surface area contributed by atoms with Crippen molar-refractivity contribution < 1.29 is 24.0 Å². The number of hydrogen-bond acceptors (Lipinski definition) is 7. The predicted molar refractivity (Wildman–Crippen MR) is 190 cm³/mol. The van der Waals surface area contributed by atoms with Gasteiger partial charge in [0.05, 0.1) is 11.1 Å². The Bertz CT molecular complexity index is 1750. The number of imide groups is 2. The summed E-state index contributed by atoms with van der Waals surface area (Å²) in [7, 11) is 0. The van der Waals surface area contributed by atoms with Crippen molar-refractivity contribution in [1.29, 1.82) is 0 Å². The molecule has 2 saturated carbocycles. The molecule has 0 bridgehead atoms. The molecule has 10 heteroatoms. The summed E-state index contributed by atoms with van der Waals surface area (Å²) in [6.45, 7) is 12.9. The van der Waals surface area contributed by atoms with Gasteiger partial charge in [-0.3, -0.25) is 34.2 Å². The average molecular weight is 680 g/mol. The maximum atomic E-state index is 13.3. The van der Waals surface area contributed by atoms with Crippen LogP contribution in [0.4, 0.5) is 11.4 Å². The second kappa shape index (κ2) is 11.7. The van der Waals surface area contributed by atoms with Gasteiger partial charge in [0.15, 0.2) is 0 Å². The van der Waals surface area contributed by atoms with Gasteiger partial charge in [0.2, 0.25) is 11.8 Å². The van der Waals surface area contributed by atoms with Gasteiger partial charge >= 0.3 is 0 Å². The van der Waals surface area contributed by atoms with E-state index in [-0.39, 0.29) is 41.5 Å². The molecule has 2 aromatic rings. The van der Waals surface area contributed by atoms with Crippen LogP contribution in [-0.4, -0.2) is 72.7 Å². The number of carbonyl (C=O) groups is 5. The molecule has 4 heterocycles. The number of amides is 5. The zero-order valence-corrected chi connectivity index (χ0v) is 29.7.